The van der Waals surface area contributed by atoms with Crippen LogP contribution in [0.15, 0.2) is 12.1 Å². The van der Waals surface area contributed by atoms with Crippen LogP contribution >= 0.6 is 11.3 Å². The van der Waals surface area contributed by atoms with Gasteiger partial charge in [0.15, 0.2) is 5.13 Å². The highest BCUT2D eigenvalue weighted by Crippen LogP contribution is 2.56. The lowest BCUT2D eigenvalue weighted by atomic mass is 9.51. The summed E-state index contributed by atoms with van der Waals surface area (Å²) < 4.78 is 1.20. The molecule has 4 heteroatoms. The summed E-state index contributed by atoms with van der Waals surface area (Å²) in [5, 5.41) is 3.95. The minimum Gasteiger partial charge on any atom is -0.302 e. The topological polar surface area (TPSA) is 42.0 Å². The van der Waals surface area contributed by atoms with Crippen molar-refractivity contribution in [3.8, 4) is 0 Å². The van der Waals surface area contributed by atoms with Crippen molar-refractivity contribution in [3.63, 3.8) is 0 Å². The Kier molecular flexibility index (Phi) is 3.28. The molecule has 1 aromatic heterocycles. The maximum Gasteiger partial charge on any atom is 0.229 e. The fourth-order valence-corrected chi connectivity index (χ4v) is 6.89. The van der Waals surface area contributed by atoms with Gasteiger partial charge in [-0.2, -0.15) is 0 Å². The number of hydrogen-bond acceptors (Lipinski definition) is 3. The summed E-state index contributed by atoms with van der Waals surface area (Å²) >= 11 is 1.62. The Morgan fingerprint density at radius 1 is 1.08 bits per heavy atom. The number of carbonyl (C=O) groups is 1. The zero-order valence-electron chi connectivity index (χ0n) is 14.3. The van der Waals surface area contributed by atoms with Crippen LogP contribution in [0.4, 0.5) is 5.13 Å². The van der Waals surface area contributed by atoms with Crippen LogP contribution in [0.3, 0.4) is 0 Å². The fraction of sp³-hybridized carbons (Fsp3) is 0.600. The van der Waals surface area contributed by atoms with Crippen LogP contribution in [-0.4, -0.2) is 10.9 Å². The number of anilines is 1. The van der Waals surface area contributed by atoms with Crippen LogP contribution < -0.4 is 5.32 Å². The predicted molar refractivity (Wildman–Crippen MR) is 98.3 cm³/mol. The number of amides is 1. The Morgan fingerprint density at radius 3 is 2.42 bits per heavy atom. The van der Waals surface area contributed by atoms with Gasteiger partial charge in [0.2, 0.25) is 5.91 Å². The molecule has 4 aliphatic rings. The first-order valence-corrected chi connectivity index (χ1v) is 10.1. The van der Waals surface area contributed by atoms with Crippen molar-refractivity contribution >= 4 is 32.6 Å². The van der Waals surface area contributed by atoms with Crippen molar-refractivity contribution in [1.82, 2.24) is 4.98 Å². The molecular weight excluding hydrogens is 316 g/mol. The van der Waals surface area contributed by atoms with E-state index in [4.69, 9.17) is 0 Å². The lowest BCUT2D eigenvalue weighted by Crippen LogP contribution is -2.49. The van der Waals surface area contributed by atoms with E-state index in [0.29, 0.717) is 11.8 Å². The summed E-state index contributed by atoms with van der Waals surface area (Å²) in [5.74, 6) is 3.53. The predicted octanol–water partition coefficient (Wildman–Crippen LogP) is 4.92. The SMILES string of the molecule is Cc1cc(C)c2sc(NC(=O)C3C4CC5CC(C4)CC3C5)nc2c1. The summed E-state index contributed by atoms with van der Waals surface area (Å²) in [6.07, 6.45) is 6.55. The average Bonchev–Trinajstić information content (AvgIpc) is 2.88. The van der Waals surface area contributed by atoms with Gasteiger partial charge in [0, 0.05) is 5.92 Å². The first-order chi connectivity index (χ1) is 11.6. The van der Waals surface area contributed by atoms with Crippen LogP contribution in [0, 0.1) is 43.4 Å². The van der Waals surface area contributed by atoms with E-state index in [0.717, 1.165) is 22.5 Å². The number of thiazole rings is 1. The molecule has 0 saturated heterocycles. The number of benzene rings is 1. The van der Waals surface area contributed by atoms with E-state index < -0.39 is 0 Å². The van der Waals surface area contributed by atoms with Gasteiger partial charge in [-0.15, -0.1) is 0 Å². The third-order valence-electron chi connectivity index (χ3n) is 6.58. The fourth-order valence-electron chi connectivity index (χ4n) is 5.97. The van der Waals surface area contributed by atoms with Gasteiger partial charge in [0.05, 0.1) is 10.2 Å². The summed E-state index contributed by atoms with van der Waals surface area (Å²) in [7, 11) is 0. The number of fused-ring (bicyclic) bond motifs is 1. The van der Waals surface area contributed by atoms with Crippen LogP contribution in [0.1, 0.15) is 43.2 Å². The number of hydrogen-bond donors (Lipinski definition) is 1. The smallest absolute Gasteiger partial charge is 0.229 e. The minimum absolute atomic E-state index is 0.229. The number of aromatic nitrogens is 1. The Balaban J connectivity index is 1.40. The Morgan fingerprint density at radius 2 is 1.75 bits per heavy atom. The van der Waals surface area contributed by atoms with Gasteiger partial charge in [-0.3, -0.25) is 4.79 Å². The number of carbonyl (C=O) groups excluding carboxylic acids is 1. The van der Waals surface area contributed by atoms with E-state index in [1.54, 1.807) is 11.3 Å². The van der Waals surface area contributed by atoms with Gasteiger partial charge in [0.1, 0.15) is 0 Å². The summed E-state index contributed by atoms with van der Waals surface area (Å²) in [4.78, 5) is 17.7. The van der Waals surface area contributed by atoms with Gasteiger partial charge in [-0.25, -0.2) is 4.98 Å². The van der Waals surface area contributed by atoms with Crippen molar-refractivity contribution in [2.45, 2.75) is 46.0 Å². The molecule has 3 nitrogen and oxygen atoms in total. The molecule has 0 unspecified atom stereocenters. The molecule has 4 saturated carbocycles. The second-order valence-electron chi connectivity index (χ2n) is 8.39. The molecule has 1 aromatic carbocycles. The Labute approximate surface area is 146 Å². The van der Waals surface area contributed by atoms with Gasteiger partial charge in [-0.1, -0.05) is 17.4 Å². The molecule has 0 atom stereocenters. The first kappa shape index (κ1) is 14.9. The molecule has 0 aliphatic heterocycles. The molecule has 1 heterocycles. The van der Waals surface area contributed by atoms with E-state index in [1.165, 1.54) is 47.9 Å². The molecule has 0 radical (unpaired) electrons. The molecule has 1 N–H and O–H groups in total. The molecule has 2 aromatic rings. The molecule has 4 aliphatic carbocycles. The largest absolute Gasteiger partial charge is 0.302 e. The maximum absolute atomic E-state index is 13.0. The van der Waals surface area contributed by atoms with Gasteiger partial charge in [0.25, 0.3) is 0 Å². The number of aryl methyl sites for hydroxylation is 2. The molecule has 4 bridgehead atoms. The maximum atomic E-state index is 13.0. The van der Waals surface area contributed by atoms with E-state index in [9.17, 15) is 4.79 Å². The number of nitrogens with one attached hydrogen (secondary N) is 1. The first-order valence-electron chi connectivity index (χ1n) is 9.25. The van der Waals surface area contributed by atoms with E-state index in [2.05, 4.69) is 36.3 Å². The van der Waals surface area contributed by atoms with E-state index in [1.807, 2.05) is 0 Å². The third kappa shape index (κ3) is 2.30. The number of rotatable bonds is 2. The quantitative estimate of drug-likeness (QED) is 0.843. The van der Waals surface area contributed by atoms with Crippen LogP contribution in [-0.2, 0) is 4.79 Å². The monoisotopic (exact) mass is 340 g/mol. The second-order valence-corrected chi connectivity index (χ2v) is 9.39. The molecule has 4 fully saturated rings. The summed E-state index contributed by atoms with van der Waals surface area (Å²) in [5.41, 5.74) is 3.49. The Bertz CT molecular complexity index is 796. The Hall–Kier alpha value is -1.42. The van der Waals surface area contributed by atoms with E-state index in [-0.39, 0.29) is 11.8 Å². The highest BCUT2D eigenvalue weighted by Gasteiger charge is 2.50. The van der Waals surface area contributed by atoms with E-state index >= 15 is 0 Å². The standard InChI is InChI=1S/C20H24N2OS/c1-10-3-11(2)18-16(4-10)21-20(24-18)22-19(23)17-14-6-12-5-13(8-14)9-15(17)7-12/h3-4,12-15,17H,5-9H2,1-2H3,(H,21,22,23). The lowest BCUT2D eigenvalue weighted by Gasteiger charge is -2.53. The normalized spacial score (nSPS) is 34.0. The molecule has 0 spiro atoms. The second kappa shape index (κ2) is 5.29. The lowest BCUT2D eigenvalue weighted by molar-refractivity contribution is -0.132. The highest BCUT2D eigenvalue weighted by atomic mass is 32.1. The van der Waals surface area contributed by atoms with Gasteiger partial charge >= 0.3 is 0 Å². The molecule has 126 valence electrons. The number of nitrogens with zero attached hydrogens (tertiary/aromatic N) is 1. The van der Waals surface area contributed by atoms with Crippen molar-refractivity contribution < 1.29 is 4.79 Å². The van der Waals surface area contributed by atoms with Gasteiger partial charge in [-0.05, 0) is 86.8 Å². The van der Waals surface area contributed by atoms with Crippen molar-refractivity contribution in [3.05, 3.63) is 23.3 Å². The average molecular weight is 340 g/mol. The summed E-state index contributed by atoms with van der Waals surface area (Å²) in [6.45, 7) is 4.22. The molecular formula is C20H24N2OS. The van der Waals surface area contributed by atoms with Crippen molar-refractivity contribution in [2.75, 3.05) is 5.32 Å². The van der Waals surface area contributed by atoms with Crippen LogP contribution in [0.25, 0.3) is 10.2 Å². The zero-order chi connectivity index (χ0) is 16.4. The molecule has 1 amide bonds. The molecule has 24 heavy (non-hydrogen) atoms. The van der Waals surface area contributed by atoms with Crippen molar-refractivity contribution in [1.29, 1.82) is 0 Å². The summed E-state index contributed by atoms with van der Waals surface area (Å²) in [6, 6.07) is 4.29. The highest BCUT2D eigenvalue weighted by molar-refractivity contribution is 7.22. The van der Waals surface area contributed by atoms with Crippen LogP contribution in [0.5, 0.6) is 0 Å². The van der Waals surface area contributed by atoms with Crippen molar-refractivity contribution in [2.24, 2.45) is 29.6 Å². The molecule has 6 rings (SSSR count). The minimum atomic E-state index is 0.229. The van der Waals surface area contributed by atoms with Gasteiger partial charge < -0.3 is 5.32 Å². The zero-order valence-corrected chi connectivity index (χ0v) is 15.2. The third-order valence-corrected chi connectivity index (χ3v) is 7.70. The van der Waals surface area contributed by atoms with Crippen LogP contribution in [0.2, 0.25) is 0 Å².